The van der Waals surface area contributed by atoms with Crippen LogP contribution in [0.4, 0.5) is 0 Å². The molecule has 2 unspecified atom stereocenters. The zero-order chi connectivity index (χ0) is 16.2. The highest BCUT2D eigenvalue weighted by atomic mass is 16.3. The minimum atomic E-state index is -0.182. The Morgan fingerprint density at radius 3 is 2.65 bits per heavy atom. The van der Waals surface area contributed by atoms with Crippen LogP contribution in [0.5, 0.6) is 0 Å². The third-order valence-corrected chi connectivity index (χ3v) is 5.06. The summed E-state index contributed by atoms with van der Waals surface area (Å²) in [6.45, 7) is 3.73. The Hall–Kier alpha value is -1.53. The van der Waals surface area contributed by atoms with E-state index in [0.29, 0.717) is 11.7 Å². The molecule has 23 heavy (non-hydrogen) atoms. The number of piperidine rings is 1. The normalized spacial score (nSPS) is 26.9. The number of amides is 1. The molecule has 0 bridgehead atoms. The highest BCUT2D eigenvalue weighted by molar-refractivity contribution is 5.92. The summed E-state index contributed by atoms with van der Waals surface area (Å²) in [5.41, 5.74) is 1.23. The molecule has 1 saturated heterocycles. The van der Waals surface area contributed by atoms with Gasteiger partial charge >= 0.3 is 0 Å². The second-order valence-corrected chi connectivity index (χ2v) is 6.75. The number of aliphatic hydroxyl groups excluding tert-OH is 1. The Bertz CT molecular complexity index is 543. The van der Waals surface area contributed by atoms with Crippen molar-refractivity contribution in [3.63, 3.8) is 0 Å². The zero-order valence-electron chi connectivity index (χ0n) is 13.7. The minimum Gasteiger partial charge on any atom is -0.391 e. The van der Waals surface area contributed by atoms with E-state index in [4.69, 9.17) is 0 Å². The number of carbonyl (C=O) groups is 1. The van der Waals surface area contributed by atoms with Crippen LogP contribution in [-0.4, -0.2) is 57.2 Å². The maximum absolute atomic E-state index is 12.2. The molecule has 126 valence electrons. The molecule has 1 saturated carbocycles. The van der Waals surface area contributed by atoms with Crippen molar-refractivity contribution in [1.29, 1.82) is 0 Å². The number of likely N-dealkylation sites (tertiary alicyclic amines) is 1. The van der Waals surface area contributed by atoms with Gasteiger partial charge in [-0.2, -0.15) is 0 Å². The first kappa shape index (κ1) is 16.3. The van der Waals surface area contributed by atoms with Crippen molar-refractivity contribution in [3.05, 3.63) is 23.8 Å². The van der Waals surface area contributed by atoms with E-state index in [-0.39, 0.29) is 18.1 Å². The van der Waals surface area contributed by atoms with Crippen molar-refractivity contribution < 1.29 is 9.90 Å². The molecule has 6 nitrogen and oxygen atoms in total. The van der Waals surface area contributed by atoms with E-state index in [0.717, 1.165) is 50.9 Å². The topological polar surface area (TPSA) is 78.4 Å². The van der Waals surface area contributed by atoms with E-state index in [9.17, 15) is 9.90 Å². The largest absolute Gasteiger partial charge is 0.391 e. The molecule has 0 radical (unpaired) electrons. The van der Waals surface area contributed by atoms with Gasteiger partial charge in [0, 0.05) is 30.9 Å². The molecule has 0 spiro atoms. The highest BCUT2D eigenvalue weighted by Crippen LogP contribution is 2.25. The van der Waals surface area contributed by atoms with Gasteiger partial charge in [0.15, 0.2) is 0 Å². The SMILES string of the molecule is Cc1cc(C(=O)NC2CCN(C3CCCCC3O)CC2)ncn1. The summed E-state index contributed by atoms with van der Waals surface area (Å²) in [5.74, 6) is -0.119. The Labute approximate surface area is 137 Å². The van der Waals surface area contributed by atoms with Crippen LogP contribution in [-0.2, 0) is 0 Å². The molecule has 1 amide bonds. The lowest BCUT2D eigenvalue weighted by atomic mass is 9.89. The fraction of sp³-hybridized carbons (Fsp3) is 0.706. The van der Waals surface area contributed by atoms with E-state index >= 15 is 0 Å². The van der Waals surface area contributed by atoms with Gasteiger partial charge in [-0.05, 0) is 38.7 Å². The number of rotatable bonds is 3. The molecular formula is C17H26N4O2. The minimum absolute atomic E-state index is 0.119. The predicted molar refractivity (Wildman–Crippen MR) is 87.1 cm³/mol. The van der Waals surface area contributed by atoms with Crippen LogP contribution in [0.3, 0.4) is 0 Å². The van der Waals surface area contributed by atoms with Gasteiger partial charge in [-0.25, -0.2) is 9.97 Å². The fourth-order valence-corrected chi connectivity index (χ4v) is 3.73. The van der Waals surface area contributed by atoms with Crippen molar-refractivity contribution >= 4 is 5.91 Å². The molecule has 2 fully saturated rings. The number of aliphatic hydroxyl groups is 1. The molecule has 1 aliphatic heterocycles. The molecule has 2 N–H and O–H groups in total. The lowest BCUT2D eigenvalue weighted by molar-refractivity contribution is 0.00726. The maximum atomic E-state index is 12.2. The average Bonchev–Trinajstić information content (AvgIpc) is 2.56. The fourth-order valence-electron chi connectivity index (χ4n) is 3.73. The number of aryl methyl sites for hydroxylation is 1. The van der Waals surface area contributed by atoms with Gasteiger partial charge in [0.25, 0.3) is 5.91 Å². The first-order valence-electron chi connectivity index (χ1n) is 8.65. The van der Waals surface area contributed by atoms with Gasteiger partial charge in [0.1, 0.15) is 12.0 Å². The summed E-state index contributed by atoms with van der Waals surface area (Å²) in [6, 6.07) is 2.21. The number of aromatic nitrogens is 2. The van der Waals surface area contributed by atoms with Gasteiger partial charge in [0.05, 0.1) is 6.10 Å². The molecular weight excluding hydrogens is 292 g/mol. The number of hydrogen-bond donors (Lipinski definition) is 2. The number of nitrogens with one attached hydrogen (secondary N) is 1. The molecule has 1 aromatic heterocycles. The number of carbonyl (C=O) groups excluding carboxylic acids is 1. The van der Waals surface area contributed by atoms with Crippen LogP contribution in [0, 0.1) is 6.92 Å². The molecule has 3 rings (SSSR count). The first-order valence-corrected chi connectivity index (χ1v) is 8.65. The molecule has 2 aliphatic rings. The highest BCUT2D eigenvalue weighted by Gasteiger charge is 2.31. The van der Waals surface area contributed by atoms with E-state index in [1.54, 1.807) is 6.07 Å². The van der Waals surface area contributed by atoms with Gasteiger partial charge < -0.3 is 10.4 Å². The molecule has 1 aliphatic carbocycles. The van der Waals surface area contributed by atoms with Crippen LogP contribution in [0.1, 0.15) is 54.7 Å². The quantitative estimate of drug-likeness (QED) is 0.878. The van der Waals surface area contributed by atoms with Crippen molar-refractivity contribution in [3.8, 4) is 0 Å². The third-order valence-electron chi connectivity index (χ3n) is 5.06. The summed E-state index contributed by atoms with van der Waals surface area (Å²) >= 11 is 0. The van der Waals surface area contributed by atoms with Gasteiger partial charge in [-0.1, -0.05) is 12.8 Å². The van der Waals surface area contributed by atoms with Crippen molar-refractivity contribution in [2.24, 2.45) is 0 Å². The van der Waals surface area contributed by atoms with Crippen molar-refractivity contribution in [2.75, 3.05) is 13.1 Å². The summed E-state index contributed by atoms with van der Waals surface area (Å²) in [7, 11) is 0. The Balaban J connectivity index is 1.50. The monoisotopic (exact) mass is 318 g/mol. The van der Waals surface area contributed by atoms with Gasteiger partial charge in [-0.3, -0.25) is 9.69 Å². The molecule has 0 aromatic carbocycles. The third kappa shape index (κ3) is 4.06. The van der Waals surface area contributed by atoms with Crippen LogP contribution in [0.2, 0.25) is 0 Å². The Morgan fingerprint density at radius 1 is 1.22 bits per heavy atom. The first-order chi connectivity index (χ1) is 11.1. The van der Waals surface area contributed by atoms with E-state index < -0.39 is 0 Å². The van der Waals surface area contributed by atoms with Crippen LogP contribution in [0.25, 0.3) is 0 Å². The lowest BCUT2D eigenvalue weighted by Gasteiger charge is -2.41. The Morgan fingerprint density at radius 2 is 1.96 bits per heavy atom. The molecule has 2 atom stereocenters. The standard InChI is InChI=1S/C17H26N4O2/c1-12-10-14(19-11-18-12)17(23)20-13-6-8-21(9-7-13)15-4-2-3-5-16(15)22/h10-11,13,15-16,22H,2-9H2,1H3,(H,20,23). The molecule has 6 heteroatoms. The molecule has 2 heterocycles. The van der Waals surface area contributed by atoms with Crippen LogP contribution < -0.4 is 5.32 Å². The number of nitrogens with zero attached hydrogens (tertiary/aromatic N) is 3. The zero-order valence-corrected chi connectivity index (χ0v) is 13.7. The van der Waals surface area contributed by atoms with Gasteiger partial charge in [-0.15, -0.1) is 0 Å². The summed E-state index contributed by atoms with van der Waals surface area (Å²) in [4.78, 5) is 22.7. The average molecular weight is 318 g/mol. The summed E-state index contributed by atoms with van der Waals surface area (Å²) in [5, 5.41) is 13.3. The molecule has 1 aromatic rings. The van der Waals surface area contributed by atoms with Crippen LogP contribution >= 0.6 is 0 Å². The van der Waals surface area contributed by atoms with E-state index in [1.165, 1.54) is 12.7 Å². The lowest BCUT2D eigenvalue weighted by Crippen LogP contribution is -2.52. The second-order valence-electron chi connectivity index (χ2n) is 6.75. The summed E-state index contributed by atoms with van der Waals surface area (Å²) in [6.07, 6.45) is 7.48. The van der Waals surface area contributed by atoms with Crippen molar-refractivity contribution in [1.82, 2.24) is 20.2 Å². The number of hydrogen-bond acceptors (Lipinski definition) is 5. The van der Waals surface area contributed by atoms with E-state index in [1.807, 2.05) is 6.92 Å². The maximum Gasteiger partial charge on any atom is 0.270 e. The van der Waals surface area contributed by atoms with Crippen molar-refractivity contribution in [2.45, 2.75) is 63.6 Å². The van der Waals surface area contributed by atoms with Gasteiger partial charge in [0.2, 0.25) is 0 Å². The van der Waals surface area contributed by atoms with E-state index in [2.05, 4.69) is 20.2 Å². The van der Waals surface area contributed by atoms with Crippen LogP contribution in [0.15, 0.2) is 12.4 Å². The predicted octanol–water partition coefficient (Wildman–Crippen LogP) is 1.28. The second kappa shape index (κ2) is 7.36. The summed E-state index contributed by atoms with van der Waals surface area (Å²) < 4.78 is 0. The Kier molecular flexibility index (Phi) is 5.23. The smallest absolute Gasteiger partial charge is 0.270 e.